The number of rotatable bonds is 5. The van der Waals surface area contributed by atoms with E-state index in [0.29, 0.717) is 5.41 Å². The Morgan fingerprint density at radius 2 is 1.94 bits per heavy atom. The second-order valence-corrected chi connectivity index (χ2v) is 5.91. The van der Waals surface area contributed by atoms with E-state index in [-0.39, 0.29) is 12.1 Å². The van der Waals surface area contributed by atoms with E-state index in [0.717, 1.165) is 6.54 Å². The maximum absolute atomic E-state index is 9.38. The van der Waals surface area contributed by atoms with Gasteiger partial charge in [-0.15, -0.1) is 0 Å². The van der Waals surface area contributed by atoms with E-state index < -0.39 is 0 Å². The minimum absolute atomic E-state index is 0.153. The van der Waals surface area contributed by atoms with E-state index in [2.05, 4.69) is 31.0 Å². The van der Waals surface area contributed by atoms with Crippen molar-refractivity contribution in [3.8, 4) is 0 Å². The molecule has 1 fully saturated rings. The lowest BCUT2D eigenvalue weighted by atomic mass is 9.78. The third-order valence-corrected chi connectivity index (χ3v) is 4.44. The average Bonchev–Trinajstić information content (AvgIpc) is 2.32. The van der Waals surface area contributed by atoms with Crippen LogP contribution in [0.15, 0.2) is 0 Å². The molecule has 0 radical (unpaired) electrons. The molecular weight excluding hydrogens is 200 g/mol. The summed E-state index contributed by atoms with van der Waals surface area (Å²) in [4.78, 5) is 2.48. The van der Waals surface area contributed by atoms with Gasteiger partial charge < -0.3 is 15.3 Å². The third kappa shape index (κ3) is 3.44. The van der Waals surface area contributed by atoms with E-state index in [1.54, 1.807) is 0 Å². The van der Waals surface area contributed by atoms with Gasteiger partial charge in [0.05, 0.1) is 12.1 Å². The Morgan fingerprint density at radius 3 is 2.31 bits per heavy atom. The molecule has 0 bridgehead atoms. The highest BCUT2D eigenvalue weighted by molar-refractivity contribution is 4.88. The number of nitrogens with one attached hydrogen (secondary N) is 1. The van der Waals surface area contributed by atoms with E-state index in [9.17, 15) is 5.11 Å². The molecule has 96 valence electrons. The quantitative estimate of drug-likeness (QED) is 0.748. The van der Waals surface area contributed by atoms with Gasteiger partial charge >= 0.3 is 0 Å². The first kappa shape index (κ1) is 13.9. The van der Waals surface area contributed by atoms with Crippen LogP contribution < -0.4 is 5.32 Å². The van der Waals surface area contributed by atoms with Gasteiger partial charge in [-0.25, -0.2) is 0 Å². The van der Waals surface area contributed by atoms with Gasteiger partial charge in [-0.2, -0.15) is 0 Å². The number of hydrogen-bond donors (Lipinski definition) is 2. The summed E-state index contributed by atoms with van der Waals surface area (Å²) >= 11 is 0. The first-order chi connectivity index (χ1) is 7.47. The van der Waals surface area contributed by atoms with Crippen LogP contribution in [0.5, 0.6) is 0 Å². The summed E-state index contributed by atoms with van der Waals surface area (Å²) in [6.07, 6.45) is 3.85. The van der Waals surface area contributed by atoms with Crippen LogP contribution in [0.3, 0.4) is 0 Å². The molecule has 3 heteroatoms. The Kier molecular flexibility index (Phi) is 4.77. The van der Waals surface area contributed by atoms with Crippen molar-refractivity contribution >= 4 is 0 Å². The van der Waals surface area contributed by atoms with Gasteiger partial charge in [-0.05, 0) is 45.3 Å². The molecular formula is C13H28N2O. The Bertz CT molecular complexity index is 206. The Balaban J connectivity index is 2.43. The fraction of sp³-hybridized carbons (Fsp3) is 1.00. The van der Waals surface area contributed by atoms with Crippen molar-refractivity contribution < 1.29 is 5.11 Å². The van der Waals surface area contributed by atoms with E-state index in [1.807, 2.05) is 7.05 Å². The van der Waals surface area contributed by atoms with Gasteiger partial charge in [0.25, 0.3) is 0 Å². The molecule has 16 heavy (non-hydrogen) atoms. The highest BCUT2D eigenvalue weighted by atomic mass is 16.3. The first-order valence-electron chi connectivity index (χ1n) is 6.49. The monoisotopic (exact) mass is 228 g/mol. The van der Waals surface area contributed by atoms with Crippen molar-refractivity contribution in [3.63, 3.8) is 0 Å². The summed E-state index contributed by atoms with van der Waals surface area (Å²) in [5, 5.41) is 12.6. The normalized spacial score (nSPS) is 25.3. The molecule has 1 aliphatic heterocycles. The van der Waals surface area contributed by atoms with E-state index in [1.165, 1.54) is 32.4 Å². The highest BCUT2D eigenvalue weighted by Crippen LogP contribution is 2.34. The molecule has 1 rings (SSSR count). The number of hydrogen-bond acceptors (Lipinski definition) is 3. The fourth-order valence-corrected chi connectivity index (χ4v) is 2.31. The van der Waals surface area contributed by atoms with Gasteiger partial charge in [0, 0.05) is 6.54 Å². The molecule has 1 atom stereocenters. The molecule has 1 heterocycles. The van der Waals surface area contributed by atoms with Crippen LogP contribution in [0.2, 0.25) is 0 Å². The SMILES string of the molecule is CCC1(C)CCN(CC(C)(CO)NC)CC1. The third-order valence-electron chi connectivity index (χ3n) is 4.44. The lowest BCUT2D eigenvalue weighted by Crippen LogP contribution is -2.54. The van der Waals surface area contributed by atoms with Crippen molar-refractivity contribution in [1.29, 1.82) is 0 Å². The zero-order valence-corrected chi connectivity index (χ0v) is 11.3. The predicted molar refractivity (Wildman–Crippen MR) is 68.6 cm³/mol. The largest absolute Gasteiger partial charge is 0.394 e. The summed E-state index contributed by atoms with van der Waals surface area (Å²) in [6, 6.07) is 0. The number of aliphatic hydroxyl groups excluding tert-OH is 1. The van der Waals surface area contributed by atoms with E-state index >= 15 is 0 Å². The van der Waals surface area contributed by atoms with Gasteiger partial charge in [0.1, 0.15) is 0 Å². The molecule has 0 amide bonds. The molecule has 3 nitrogen and oxygen atoms in total. The zero-order valence-electron chi connectivity index (χ0n) is 11.3. The van der Waals surface area contributed by atoms with Crippen molar-refractivity contribution in [3.05, 3.63) is 0 Å². The van der Waals surface area contributed by atoms with Gasteiger partial charge in [0.2, 0.25) is 0 Å². The van der Waals surface area contributed by atoms with Crippen LogP contribution in [0.1, 0.15) is 40.0 Å². The number of likely N-dealkylation sites (N-methyl/N-ethyl adjacent to an activating group) is 1. The smallest absolute Gasteiger partial charge is 0.0623 e. The minimum atomic E-state index is -0.153. The molecule has 0 spiro atoms. The minimum Gasteiger partial charge on any atom is -0.394 e. The standard InChI is InChI=1S/C13H28N2O/c1-5-12(2)6-8-15(9-7-12)10-13(3,11-16)14-4/h14,16H,5-11H2,1-4H3. The second-order valence-electron chi connectivity index (χ2n) is 5.91. The Morgan fingerprint density at radius 1 is 1.38 bits per heavy atom. The van der Waals surface area contributed by atoms with Crippen LogP contribution in [0.4, 0.5) is 0 Å². The topological polar surface area (TPSA) is 35.5 Å². The summed E-state index contributed by atoms with van der Waals surface area (Å²) < 4.78 is 0. The number of piperidine rings is 1. The lowest BCUT2D eigenvalue weighted by molar-refractivity contribution is 0.0712. The number of likely N-dealkylation sites (tertiary alicyclic amines) is 1. The highest BCUT2D eigenvalue weighted by Gasteiger charge is 2.31. The van der Waals surface area contributed by atoms with Gasteiger partial charge in [0.15, 0.2) is 0 Å². The zero-order chi connectivity index (χ0) is 12.2. The summed E-state index contributed by atoms with van der Waals surface area (Å²) in [5.74, 6) is 0. The molecule has 0 aromatic heterocycles. The second kappa shape index (κ2) is 5.48. The number of aliphatic hydroxyl groups is 1. The number of nitrogens with zero attached hydrogens (tertiary/aromatic N) is 1. The Labute approximate surface area is 100 Å². The van der Waals surface area contributed by atoms with Crippen LogP contribution in [-0.4, -0.2) is 48.8 Å². The average molecular weight is 228 g/mol. The summed E-state index contributed by atoms with van der Waals surface area (Å²) in [7, 11) is 1.93. The van der Waals surface area contributed by atoms with Crippen molar-refractivity contribution in [2.75, 3.05) is 33.3 Å². The summed E-state index contributed by atoms with van der Waals surface area (Å²) in [6.45, 7) is 10.3. The van der Waals surface area contributed by atoms with Crippen molar-refractivity contribution in [2.45, 2.75) is 45.6 Å². The molecule has 0 aliphatic carbocycles. The molecule has 0 saturated carbocycles. The van der Waals surface area contributed by atoms with Crippen LogP contribution in [-0.2, 0) is 0 Å². The fourth-order valence-electron chi connectivity index (χ4n) is 2.31. The van der Waals surface area contributed by atoms with Crippen LogP contribution in [0.25, 0.3) is 0 Å². The van der Waals surface area contributed by atoms with Crippen LogP contribution >= 0.6 is 0 Å². The predicted octanol–water partition coefficient (Wildman–Crippen LogP) is 1.47. The maximum atomic E-state index is 9.38. The van der Waals surface area contributed by atoms with Crippen LogP contribution in [0, 0.1) is 5.41 Å². The van der Waals surface area contributed by atoms with Gasteiger partial charge in [-0.3, -0.25) is 0 Å². The molecule has 1 unspecified atom stereocenters. The van der Waals surface area contributed by atoms with Gasteiger partial charge in [-0.1, -0.05) is 20.3 Å². The molecule has 0 aromatic carbocycles. The molecule has 2 N–H and O–H groups in total. The maximum Gasteiger partial charge on any atom is 0.0623 e. The lowest BCUT2D eigenvalue weighted by Gasteiger charge is -2.42. The van der Waals surface area contributed by atoms with E-state index in [4.69, 9.17) is 0 Å². The molecule has 1 saturated heterocycles. The van der Waals surface area contributed by atoms with Crippen molar-refractivity contribution in [2.24, 2.45) is 5.41 Å². The Hall–Kier alpha value is -0.120. The summed E-state index contributed by atoms with van der Waals surface area (Å²) in [5.41, 5.74) is 0.395. The molecule has 1 aliphatic rings. The van der Waals surface area contributed by atoms with Crippen molar-refractivity contribution in [1.82, 2.24) is 10.2 Å². The first-order valence-corrected chi connectivity index (χ1v) is 6.49. The molecule has 0 aromatic rings.